The molecule has 0 saturated heterocycles. The Hall–Kier alpha value is -2.26. The van der Waals surface area contributed by atoms with Crippen molar-refractivity contribution in [3.63, 3.8) is 0 Å². The molecular formula is C17H22ClN5O3S. The van der Waals surface area contributed by atoms with Crippen molar-refractivity contribution in [2.45, 2.75) is 31.5 Å². The summed E-state index contributed by atoms with van der Waals surface area (Å²) in [4.78, 5) is 24.1. The van der Waals surface area contributed by atoms with E-state index in [0.717, 1.165) is 18.2 Å². The number of halogens is 1. The summed E-state index contributed by atoms with van der Waals surface area (Å²) in [6, 6.07) is 6.44. The molecule has 1 aromatic carbocycles. The van der Waals surface area contributed by atoms with E-state index in [-0.39, 0.29) is 17.6 Å². The maximum Gasteiger partial charge on any atom is 0.328 e. The zero-order valence-corrected chi connectivity index (χ0v) is 16.9. The first kappa shape index (κ1) is 21.0. The van der Waals surface area contributed by atoms with Crippen molar-refractivity contribution >= 4 is 35.2 Å². The molecule has 2 aromatic rings. The zero-order chi connectivity index (χ0) is 20.0. The van der Waals surface area contributed by atoms with E-state index in [1.807, 2.05) is 19.9 Å². The SMILES string of the molecule is CC[C@@H](C)[C@H](NC(=O)CSc1nnc(-c2ccccc2Cl)n1N)C(=O)OC. The number of thioether (sulfide) groups is 1. The van der Waals surface area contributed by atoms with Gasteiger partial charge in [0.1, 0.15) is 6.04 Å². The smallest absolute Gasteiger partial charge is 0.328 e. The number of ether oxygens (including phenoxy) is 1. The number of nitrogens with one attached hydrogen (secondary N) is 1. The minimum absolute atomic E-state index is 0.0295. The van der Waals surface area contributed by atoms with Gasteiger partial charge in [-0.3, -0.25) is 4.79 Å². The van der Waals surface area contributed by atoms with Gasteiger partial charge in [-0.15, -0.1) is 10.2 Å². The van der Waals surface area contributed by atoms with Gasteiger partial charge in [0.05, 0.1) is 17.9 Å². The fraction of sp³-hybridized carbons (Fsp3) is 0.412. The molecule has 1 aromatic heterocycles. The monoisotopic (exact) mass is 411 g/mol. The van der Waals surface area contributed by atoms with E-state index in [1.54, 1.807) is 18.2 Å². The van der Waals surface area contributed by atoms with Crippen LogP contribution in [0.5, 0.6) is 0 Å². The number of carbonyl (C=O) groups is 2. The highest BCUT2D eigenvalue weighted by molar-refractivity contribution is 7.99. The van der Waals surface area contributed by atoms with Gasteiger partial charge in [-0.25, -0.2) is 9.47 Å². The Morgan fingerprint density at radius 3 is 2.70 bits per heavy atom. The average molecular weight is 412 g/mol. The maximum atomic E-state index is 12.3. The molecule has 0 aliphatic heterocycles. The summed E-state index contributed by atoms with van der Waals surface area (Å²) in [6.45, 7) is 3.82. The summed E-state index contributed by atoms with van der Waals surface area (Å²) in [5, 5.41) is 11.6. The third-order valence-corrected chi connectivity index (χ3v) is 5.37. The number of hydrogen-bond donors (Lipinski definition) is 2. The number of nitrogens with two attached hydrogens (primary N) is 1. The zero-order valence-electron chi connectivity index (χ0n) is 15.3. The molecule has 0 bridgehead atoms. The largest absolute Gasteiger partial charge is 0.467 e. The molecule has 0 unspecified atom stereocenters. The van der Waals surface area contributed by atoms with Crippen molar-refractivity contribution in [2.24, 2.45) is 5.92 Å². The lowest BCUT2D eigenvalue weighted by atomic mass is 9.99. The van der Waals surface area contributed by atoms with Crippen molar-refractivity contribution in [3.05, 3.63) is 29.3 Å². The summed E-state index contributed by atoms with van der Waals surface area (Å²) < 4.78 is 6.05. The Labute approximate surface area is 166 Å². The topological polar surface area (TPSA) is 112 Å². The van der Waals surface area contributed by atoms with Crippen LogP contribution in [0, 0.1) is 5.92 Å². The summed E-state index contributed by atoms with van der Waals surface area (Å²) in [7, 11) is 1.30. The number of benzene rings is 1. The van der Waals surface area contributed by atoms with E-state index in [2.05, 4.69) is 15.5 Å². The van der Waals surface area contributed by atoms with Gasteiger partial charge in [0.15, 0.2) is 5.82 Å². The van der Waals surface area contributed by atoms with Crippen LogP contribution < -0.4 is 11.2 Å². The Balaban J connectivity index is 2.03. The highest BCUT2D eigenvalue weighted by Crippen LogP contribution is 2.27. The fourth-order valence-electron chi connectivity index (χ4n) is 2.34. The fourth-order valence-corrected chi connectivity index (χ4v) is 3.23. The second-order valence-electron chi connectivity index (χ2n) is 5.90. The van der Waals surface area contributed by atoms with Crippen molar-refractivity contribution < 1.29 is 14.3 Å². The van der Waals surface area contributed by atoms with Crippen molar-refractivity contribution in [1.29, 1.82) is 0 Å². The van der Waals surface area contributed by atoms with Crippen LogP contribution in [-0.4, -0.2) is 45.7 Å². The summed E-state index contributed by atoms with van der Waals surface area (Å²) in [5.74, 6) is 5.63. The molecule has 27 heavy (non-hydrogen) atoms. The van der Waals surface area contributed by atoms with Gasteiger partial charge in [-0.05, 0) is 18.1 Å². The van der Waals surface area contributed by atoms with E-state index < -0.39 is 12.0 Å². The molecule has 146 valence electrons. The Morgan fingerprint density at radius 2 is 2.07 bits per heavy atom. The number of methoxy groups -OCH3 is 1. The first-order valence-electron chi connectivity index (χ1n) is 8.34. The number of nitrogens with zero attached hydrogens (tertiary/aromatic N) is 3. The molecule has 8 nitrogen and oxygen atoms in total. The number of nitrogen functional groups attached to an aromatic ring is 1. The van der Waals surface area contributed by atoms with Crippen molar-refractivity contribution in [2.75, 3.05) is 18.7 Å². The summed E-state index contributed by atoms with van der Waals surface area (Å²) in [6.07, 6.45) is 0.728. The molecule has 0 spiro atoms. The van der Waals surface area contributed by atoms with Crippen LogP contribution in [0.25, 0.3) is 11.4 Å². The number of hydrogen-bond acceptors (Lipinski definition) is 7. The van der Waals surface area contributed by atoms with Gasteiger partial charge in [0.2, 0.25) is 11.1 Å². The predicted molar refractivity (Wildman–Crippen MR) is 105 cm³/mol. The highest BCUT2D eigenvalue weighted by Gasteiger charge is 2.27. The lowest BCUT2D eigenvalue weighted by Gasteiger charge is -2.21. The van der Waals surface area contributed by atoms with Crippen LogP contribution in [0.1, 0.15) is 20.3 Å². The third-order valence-electron chi connectivity index (χ3n) is 4.10. The van der Waals surface area contributed by atoms with Gasteiger partial charge in [-0.2, -0.15) is 0 Å². The maximum absolute atomic E-state index is 12.3. The van der Waals surface area contributed by atoms with Crippen LogP contribution in [0.4, 0.5) is 0 Å². The van der Waals surface area contributed by atoms with Gasteiger partial charge >= 0.3 is 5.97 Å². The predicted octanol–water partition coefficient (Wildman–Crippen LogP) is 2.11. The minimum atomic E-state index is -0.692. The van der Waals surface area contributed by atoms with Gasteiger partial charge in [-0.1, -0.05) is 55.8 Å². The van der Waals surface area contributed by atoms with E-state index in [9.17, 15) is 9.59 Å². The quantitative estimate of drug-likeness (QED) is 0.388. The molecule has 3 N–H and O–H groups in total. The van der Waals surface area contributed by atoms with Crippen molar-refractivity contribution in [1.82, 2.24) is 20.2 Å². The molecular weight excluding hydrogens is 390 g/mol. The molecule has 0 fully saturated rings. The summed E-state index contributed by atoms with van der Waals surface area (Å²) >= 11 is 7.27. The Kier molecular flexibility index (Phi) is 7.49. The highest BCUT2D eigenvalue weighted by atomic mass is 35.5. The molecule has 10 heteroatoms. The lowest BCUT2D eigenvalue weighted by molar-refractivity contribution is -0.146. The van der Waals surface area contributed by atoms with Crippen LogP contribution in [0.15, 0.2) is 29.4 Å². The second-order valence-corrected chi connectivity index (χ2v) is 7.25. The first-order valence-corrected chi connectivity index (χ1v) is 9.70. The molecule has 0 aliphatic rings. The van der Waals surface area contributed by atoms with Crippen LogP contribution >= 0.6 is 23.4 Å². The first-order chi connectivity index (χ1) is 12.9. The average Bonchev–Trinajstić information content (AvgIpc) is 3.04. The van der Waals surface area contributed by atoms with Crippen LogP contribution in [-0.2, 0) is 14.3 Å². The van der Waals surface area contributed by atoms with Crippen molar-refractivity contribution in [3.8, 4) is 11.4 Å². The normalized spacial score (nSPS) is 13.0. The van der Waals surface area contributed by atoms with Gasteiger partial charge in [0.25, 0.3) is 0 Å². The lowest BCUT2D eigenvalue weighted by Crippen LogP contribution is -2.46. The molecule has 0 aliphatic carbocycles. The van der Waals surface area contributed by atoms with Crippen LogP contribution in [0.2, 0.25) is 5.02 Å². The number of rotatable bonds is 8. The van der Waals surface area contributed by atoms with E-state index >= 15 is 0 Å². The molecule has 0 radical (unpaired) electrons. The number of esters is 1. The number of amides is 1. The van der Waals surface area contributed by atoms with E-state index in [1.165, 1.54) is 11.8 Å². The van der Waals surface area contributed by atoms with Crippen LogP contribution in [0.3, 0.4) is 0 Å². The van der Waals surface area contributed by atoms with E-state index in [4.69, 9.17) is 22.2 Å². The third kappa shape index (κ3) is 5.14. The standard InChI is InChI=1S/C17H22ClN5O3S/c1-4-10(2)14(16(25)26-3)20-13(24)9-27-17-22-21-15(23(17)19)11-7-5-6-8-12(11)18/h5-8,10,14H,4,9,19H2,1-3H3,(H,20,24)/t10-,14+/m1/s1. The number of carbonyl (C=O) groups excluding carboxylic acids is 2. The minimum Gasteiger partial charge on any atom is -0.467 e. The Morgan fingerprint density at radius 1 is 1.37 bits per heavy atom. The summed E-state index contributed by atoms with van der Waals surface area (Å²) in [5.41, 5.74) is 0.646. The number of aromatic nitrogens is 3. The van der Waals surface area contributed by atoms with Gasteiger partial charge < -0.3 is 15.9 Å². The Bertz CT molecular complexity index is 814. The molecule has 1 heterocycles. The van der Waals surface area contributed by atoms with Gasteiger partial charge in [0, 0.05) is 5.56 Å². The molecule has 1 amide bonds. The molecule has 2 atom stereocenters. The second kappa shape index (κ2) is 9.61. The molecule has 0 saturated carbocycles. The molecule has 2 rings (SSSR count). The van der Waals surface area contributed by atoms with E-state index in [0.29, 0.717) is 21.6 Å².